The number of allylic oxidation sites excluding steroid dienone is 8. The fraction of sp³-hybridized carbons (Fsp3) is 0.762. The van der Waals surface area contributed by atoms with Crippen LogP contribution in [0.1, 0.15) is 155 Å². The maximum absolute atomic E-state index is 12.6. The Kier molecular flexibility index (Phi) is 33.4. The lowest BCUT2D eigenvalue weighted by molar-refractivity contribution is -0.870. The van der Waals surface area contributed by atoms with Crippen LogP contribution in [0.15, 0.2) is 48.6 Å². The van der Waals surface area contributed by atoms with Crippen LogP contribution < -0.4 is 4.89 Å². The van der Waals surface area contributed by atoms with Gasteiger partial charge in [-0.3, -0.25) is 14.2 Å². The van der Waals surface area contributed by atoms with Crippen LogP contribution in [-0.2, 0) is 32.7 Å². The summed E-state index contributed by atoms with van der Waals surface area (Å²) < 4.78 is 33.8. The van der Waals surface area contributed by atoms with Gasteiger partial charge in [0.15, 0.2) is 6.10 Å². The first-order valence-corrected chi connectivity index (χ1v) is 21.8. The molecule has 0 spiro atoms. The molecule has 10 heteroatoms. The number of esters is 2. The monoisotopic (exact) mass is 754 g/mol. The number of phosphoric acid groups is 1. The molecule has 302 valence electrons. The smallest absolute Gasteiger partial charge is 0.306 e. The Morgan fingerprint density at radius 3 is 1.63 bits per heavy atom. The zero-order valence-electron chi connectivity index (χ0n) is 33.7. The van der Waals surface area contributed by atoms with E-state index in [0.29, 0.717) is 23.9 Å². The van der Waals surface area contributed by atoms with Gasteiger partial charge in [0, 0.05) is 12.8 Å². The van der Waals surface area contributed by atoms with Gasteiger partial charge in [-0.15, -0.1) is 0 Å². The minimum Gasteiger partial charge on any atom is -0.756 e. The van der Waals surface area contributed by atoms with Crippen LogP contribution in [0.3, 0.4) is 0 Å². The first kappa shape index (κ1) is 50.0. The standard InChI is InChI=1S/C42H76NO8P/c1-6-8-10-12-14-16-18-20-21-23-24-26-28-30-32-34-41(44)48-38-40(39-50-52(46,47)49-37-36-43(3,4)5)51-42(45)35-33-31-29-27-25-22-19-17-15-13-11-9-7-2/h8,10,14,16,20-21,24,26,40H,6-7,9,11-13,15,17-19,22-23,25,27-39H2,1-5H3/b10-8+,16-14+,21-20+,26-24+/t40-/m1/s1. The third-order valence-electron chi connectivity index (χ3n) is 8.36. The van der Waals surface area contributed by atoms with Crippen LogP contribution >= 0.6 is 7.82 Å². The first-order chi connectivity index (χ1) is 25.0. The van der Waals surface area contributed by atoms with Crippen molar-refractivity contribution in [1.29, 1.82) is 0 Å². The van der Waals surface area contributed by atoms with Crippen LogP contribution in [0.25, 0.3) is 0 Å². The minimum absolute atomic E-state index is 0.0380. The first-order valence-electron chi connectivity index (χ1n) is 20.3. The molecular formula is C42H76NO8P. The highest BCUT2D eigenvalue weighted by Crippen LogP contribution is 2.38. The average Bonchev–Trinajstić information content (AvgIpc) is 3.09. The molecule has 0 bridgehead atoms. The number of unbranched alkanes of at least 4 members (excludes halogenated alkanes) is 14. The molecule has 1 unspecified atom stereocenters. The molecule has 0 aromatic rings. The summed E-state index contributed by atoms with van der Waals surface area (Å²) in [4.78, 5) is 37.4. The number of rotatable bonds is 36. The highest BCUT2D eigenvalue weighted by atomic mass is 31.2. The van der Waals surface area contributed by atoms with E-state index in [-0.39, 0.29) is 26.1 Å². The predicted octanol–water partition coefficient (Wildman–Crippen LogP) is 10.5. The van der Waals surface area contributed by atoms with Gasteiger partial charge in [-0.25, -0.2) is 0 Å². The number of hydrogen-bond donors (Lipinski definition) is 0. The van der Waals surface area contributed by atoms with Gasteiger partial charge in [0.1, 0.15) is 19.8 Å². The van der Waals surface area contributed by atoms with Gasteiger partial charge < -0.3 is 27.9 Å². The van der Waals surface area contributed by atoms with E-state index in [2.05, 4.69) is 62.5 Å². The molecule has 0 saturated carbocycles. The summed E-state index contributed by atoms with van der Waals surface area (Å²) in [5, 5.41) is 0. The maximum atomic E-state index is 12.6. The maximum Gasteiger partial charge on any atom is 0.306 e. The summed E-state index contributed by atoms with van der Waals surface area (Å²) in [6.07, 6.45) is 38.5. The third kappa shape index (κ3) is 37.7. The molecule has 0 fully saturated rings. The van der Waals surface area contributed by atoms with Gasteiger partial charge >= 0.3 is 11.9 Å². The van der Waals surface area contributed by atoms with E-state index in [1.807, 2.05) is 21.1 Å². The molecule has 0 aromatic carbocycles. The second-order valence-corrected chi connectivity index (χ2v) is 16.0. The molecule has 9 nitrogen and oxygen atoms in total. The Labute approximate surface area is 318 Å². The van der Waals surface area contributed by atoms with E-state index in [9.17, 15) is 19.0 Å². The highest BCUT2D eigenvalue weighted by Gasteiger charge is 2.21. The van der Waals surface area contributed by atoms with Crippen molar-refractivity contribution in [3.05, 3.63) is 48.6 Å². The number of likely N-dealkylation sites (N-methyl/N-ethyl adjacent to an activating group) is 1. The lowest BCUT2D eigenvalue weighted by Gasteiger charge is -2.28. The third-order valence-corrected chi connectivity index (χ3v) is 9.33. The van der Waals surface area contributed by atoms with Crippen molar-refractivity contribution < 1.29 is 42.1 Å². The summed E-state index contributed by atoms with van der Waals surface area (Å²) in [6.45, 7) is 4.05. The topological polar surface area (TPSA) is 111 Å². The van der Waals surface area contributed by atoms with Crippen LogP contribution in [0.4, 0.5) is 0 Å². The zero-order chi connectivity index (χ0) is 38.6. The van der Waals surface area contributed by atoms with E-state index in [4.69, 9.17) is 18.5 Å². The van der Waals surface area contributed by atoms with E-state index >= 15 is 0 Å². The number of phosphoric ester groups is 1. The molecule has 0 amide bonds. The van der Waals surface area contributed by atoms with Crippen LogP contribution in [-0.4, -0.2) is 70.0 Å². The second kappa shape index (κ2) is 34.7. The summed E-state index contributed by atoms with van der Waals surface area (Å²) in [5.74, 6) is -0.885. The molecule has 0 aliphatic carbocycles. The van der Waals surface area contributed by atoms with Crippen LogP contribution in [0.2, 0.25) is 0 Å². The largest absolute Gasteiger partial charge is 0.756 e. The molecule has 0 N–H and O–H groups in total. The summed E-state index contributed by atoms with van der Waals surface area (Å²) in [6, 6.07) is 0. The van der Waals surface area contributed by atoms with Crippen molar-refractivity contribution >= 4 is 19.8 Å². The van der Waals surface area contributed by atoms with Crippen LogP contribution in [0, 0.1) is 0 Å². The molecule has 0 aromatic heterocycles. The minimum atomic E-state index is -4.63. The van der Waals surface area contributed by atoms with Crippen molar-refractivity contribution in [3.63, 3.8) is 0 Å². The van der Waals surface area contributed by atoms with E-state index in [0.717, 1.165) is 57.8 Å². The molecule has 0 aliphatic heterocycles. The van der Waals surface area contributed by atoms with Gasteiger partial charge in [-0.1, -0.05) is 140 Å². The quantitative estimate of drug-likeness (QED) is 0.0204. The number of quaternary nitrogens is 1. The SMILES string of the molecule is CC/C=C/C/C=C/C/C=C/C/C=C/CCCCC(=O)OC[C@H](COP(=O)([O-])OCC[N+](C)(C)C)OC(=O)CCCCCCCCCCCCCCC. The molecule has 0 rings (SSSR count). The Morgan fingerprint density at radius 1 is 0.615 bits per heavy atom. The Morgan fingerprint density at radius 2 is 1.10 bits per heavy atom. The molecule has 52 heavy (non-hydrogen) atoms. The highest BCUT2D eigenvalue weighted by molar-refractivity contribution is 7.45. The van der Waals surface area contributed by atoms with E-state index in [1.165, 1.54) is 57.8 Å². The molecule has 0 saturated heterocycles. The Balaban J connectivity index is 4.48. The van der Waals surface area contributed by atoms with Gasteiger partial charge in [0.2, 0.25) is 0 Å². The second-order valence-electron chi connectivity index (χ2n) is 14.6. The van der Waals surface area contributed by atoms with Gasteiger partial charge in [-0.2, -0.15) is 0 Å². The summed E-state index contributed by atoms with van der Waals surface area (Å²) in [7, 11) is 1.14. The number of carbonyl (C=O) groups excluding carboxylic acids is 2. The Bertz CT molecular complexity index is 1030. The van der Waals surface area contributed by atoms with Gasteiger partial charge in [0.05, 0.1) is 27.7 Å². The lowest BCUT2D eigenvalue weighted by atomic mass is 10.0. The van der Waals surface area contributed by atoms with Crippen molar-refractivity contribution in [3.8, 4) is 0 Å². The number of carbonyl (C=O) groups is 2. The van der Waals surface area contributed by atoms with Crippen molar-refractivity contribution in [1.82, 2.24) is 0 Å². The number of ether oxygens (including phenoxy) is 2. The summed E-state index contributed by atoms with van der Waals surface area (Å²) in [5.41, 5.74) is 0. The number of nitrogens with zero attached hydrogens (tertiary/aromatic N) is 1. The van der Waals surface area contributed by atoms with E-state index in [1.54, 1.807) is 0 Å². The number of hydrogen-bond acceptors (Lipinski definition) is 8. The molecule has 0 aliphatic rings. The normalized spacial score (nSPS) is 14.2. The predicted molar refractivity (Wildman–Crippen MR) is 213 cm³/mol. The fourth-order valence-corrected chi connectivity index (χ4v) is 5.90. The Hall–Kier alpha value is -2.03. The molecule has 2 atom stereocenters. The molecule has 0 heterocycles. The zero-order valence-corrected chi connectivity index (χ0v) is 34.6. The van der Waals surface area contributed by atoms with Gasteiger partial charge in [0.25, 0.3) is 7.82 Å². The lowest BCUT2D eigenvalue weighted by Crippen LogP contribution is -2.37. The van der Waals surface area contributed by atoms with Gasteiger partial charge in [-0.05, 0) is 51.4 Å². The van der Waals surface area contributed by atoms with Crippen molar-refractivity contribution in [2.45, 2.75) is 161 Å². The molecular weight excluding hydrogens is 677 g/mol. The van der Waals surface area contributed by atoms with Crippen molar-refractivity contribution in [2.75, 3.05) is 47.5 Å². The van der Waals surface area contributed by atoms with Crippen molar-refractivity contribution in [2.24, 2.45) is 0 Å². The fourth-order valence-electron chi connectivity index (χ4n) is 5.17. The van der Waals surface area contributed by atoms with Crippen LogP contribution in [0.5, 0.6) is 0 Å². The average molecular weight is 754 g/mol. The van der Waals surface area contributed by atoms with E-state index < -0.39 is 32.5 Å². The molecule has 0 radical (unpaired) electrons. The summed E-state index contributed by atoms with van der Waals surface area (Å²) >= 11 is 0.